The summed E-state index contributed by atoms with van der Waals surface area (Å²) < 4.78 is 1.63. The van der Waals surface area contributed by atoms with Crippen LogP contribution in [0.25, 0.3) is 27.7 Å². The first-order valence-electron chi connectivity index (χ1n) is 9.94. The van der Waals surface area contributed by atoms with Crippen LogP contribution in [0.1, 0.15) is 31.9 Å². The first-order valence-corrected chi connectivity index (χ1v) is 9.94. The van der Waals surface area contributed by atoms with Crippen molar-refractivity contribution in [1.29, 1.82) is 0 Å². The second-order valence-electron chi connectivity index (χ2n) is 7.35. The minimum Gasteiger partial charge on any atom is -0.480 e. The third-order valence-electron chi connectivity index (χ3n) is 5.41. The standard InChI is InChI=1S/C22H24N6O2/c1-3-14(11-25-13(2)22(29)30)19-10-20(23)28-21(27-19)17(12-26-28)15-6-4-8-18-16(15)7-5-9-24-18/h4-10,12-14,25H,3,11,23H2,1-2H3,(H,29,30). The highest BCUT2D eigenvalue weighted by molar-refractivity contribution is 5.97. The van der Waals surface area contributed by atoms with E-state index in [1.54, 1.807) is 23.8 Å². The Balaban J connectivity index is 1.79. The summed E-state index contributed by atoms with van der Waals surface area (Å²) in [5, 5.41) is 17.6. The fraction of sp³-hybridized carbons (Fsp3) is 0.273. The van der Waals surface area contributed by atoms with Gasteiger partial charge < -0.3 is 16.2 Å². The summed E-state index contributed by atoms with van der Waals surface area (Å²) in [6.45, 7) is 4.17. The van der Waals surface area contributed by atoms with Gasteiger partial charge in [0.2, 0.25) is 0 Å². The van der Waals surface area contributed by atoms with Gasteiger partial charge in [0.25, 0.3) is 0 Å². The highest BCUT2D eigenvalue weighted by Crippen LogP contribution is 2.32. The van der Waals surface area contributed by atoms with Crippen LogP contribution < -0.4 is 11.1 Å². The number of benzene rings is 1. The lowest BCUT2D eigenvalue weighted by molar-refractivity contribution is -0.139. The number of carboxylic acids is 1. The number of anilines is 1. The molecule has 2 atom stereocenters. The van der Waals surface area contributed by atoms with Crippen LogP contribution in [-0.4, -0.2) is 43.2 Å². The van der Waals surface area contributed by atoms with Crippen LogP contribution in [-0.2, 0) is 4.79 Å². The Morgan fingerprint density at radius 1 is 1.27 bits per heavy atom. The molecule has 0 aliphatic rings. The first-order chi connectivity index (χ1) is 14.5. The number of nitrogens with zero attached hydrogens (tertiary/aromatic N) is 4. The molecule has 8 heteroatoms. The van der Waals surface area contributed by atoms with Crippen molar-refractivity contribution in [3.05, 3.63) is 54.5 Å². The van der Waals surface area contributed by atoms with Gasteiger partial charge in [-0.05, 0) is 31.0 Å². The molecule has 154 valence electrons. The van der Waals surface area contributed by atoms with Gasteiger partial charge in [0.05, 0.1) is 17.4 Å². The molecule has 0 bridgehead atoms. The number of aliphatic carboxylic acids is 1. The summed E-state index contributed by atoms with van der Waals surface area (Å²) in [4.78, 5) is 20.4. The molecule has 30 heavy (non-hydrogen) atoms. The van der Waals surface area contributed by atoms with Gasteiger partial charge >= 0.3 is 5.97 Å². The number of nitrogens with two attached hydrogens (primary N) is 1. The van der Waals surface area contributed by atoms with E-state index in [2.05, 4.69) is 15.4 Å². The monoisotopic (exact) mass is 404 g/mol. The van der Waals surface area contributed by atoms with Crippen LogP contribution in [0.3, 0.4) is 0 Å². The third-order valence-corrected chi connectivity index (χ3v) is 5.41. The molecule has 0 amide bonds. The maximum Gasteiger partial charge on any atom is 0.320 e. The van der Waals surface area contributed by atoms with Crippen molar-refractivity contribution in [1.82, 2.24) is 24.9 Å². The summed E-state index contributed by atoms with van der Waals surface area (Å²) in [6.07, 6.45) is 4.34. The molecule has 1 aromatic carbocycles. The summed E-state index contributed by atoms with van der Waals surface area (Å²) in [5.41, 5.74) is 10.5. The fourth-order valence-electron chi connectivity index (χ4n) is 3.61. The first kappa shape index (κ1) is 19.8. The molecule has 0 aliphatic carbocycles. The van der Waals surface area contributed by atoms with Crippen molar-refractivity contribution in [3.63, 3.8) is 0 Å². The molecule has 8 nitrogen and oxygen atoms in total. The molecule has 2 unspecified atom stereocenters. The number of nitrogens with one attached hydrogen (secondary N) is 1. The van der Waals surface area contributed by atoms with Crippen molar-refractivity contribution < 1.29 is 9.90 Å². The van der Waals surface area contributed by atoms with Crippen molar-refractivity contribution in [2.24, 2.45) is 0 Å². The number of pyridine rings is 1. The second kappa shape index (κ2) is 8.08. The van der Waals surface area contributed by atoms with Gasteiger partial charge in [-0.25, -0.2) is 4.98 Å². The van der Waals surface area contributed by atoms with Gasteiger partial charge in [0, 0.05) is 35.7 Å². The Hall–Kier alpha value is -3.52. The number of fused-ring (bicyclic) bond motifs is 2. The Bertz CT molecular complexity index is 1210. The summed E-state index contributed by atoms with van der Waals surface area (Å²) in [5.74, 6) is -0.365. The average molecular weight is 404 g/mol. The smallest absolute Gasteiger partial charge is 0.320 e. The quantitative estimate of drug-likeness (QED) is 0.433. The van der Waals surface area contributed by atoms with E-state index >= 15 is 0 Å². The molecule has 0 radical (unpaired) electrons. The zero-order chi connectivity index (χ0) is 21.3. The SMILES string of the molecule is CCC(CNC(C)C(=O)O)c1cc(N)n2ncc(-c3cccc4ncccc34)c2n1. The van der Waals surface area contributed by atoms with Gasteiger partial charge in [-0.2, -0.15) is 9.61 Å². The molecular weight excluding hydrogens is 380 g/mol. The fourth-order valence-corrected chi connectivity index (χ4v) is 3.61. The zero-order valence-electron chi connectivity index (χ0n) is 16.9. The third kappa shape index (κ3) is 3.57. The normalized spacial score (nSPS) is 13.5. The number of hydrogen-bond acceptors (Lipinski definition) is 6. The second-order valence-corrected chi connectivity index (χ2v) is 7.35. The minimum atomic E-state index is -0.879. The molecule has 0 saturated heterocycles. The Morgan fingerprint density at radius 2 is 2.10 bits per heavy atom. The summed E-state index contributed by atoms with van der Waals surface area (Å²) in [7, 11) is 0. The number of nitrogen functional groups attached to an aromatic ring is 1. The molecule has 4 N–H and O–H groups in total. The summed E-state index contributed by atoms with van der Waals surface area (Å²) >= 11 is 0. The maximum atomic E-state index is 11.1. The zero-order valence-corrected chi connectivity index (χ0v) is 16.9. The van der Waals surface area contributed by atoms with Crippen molar-refractivity contribution in [2.45, 2.75) is 32.2 Å². The summed E-state index contributed by atoms with van der Waals surface area (Å²) in [6, 6.07) is 11.1. The number of hydrogen-bond donors (Lipinski definition) is 3. The van der Waals surface area contributed by atoms with E-state index in [1.165, 1.54) is 0 Å². The van der Waals surface area contributed by atoms with Gasteiger partial charge in [-0.15, -0.1) is 0 Å². The van der Waals surface area contributed by atoms with E-state index in [0.29, 0.717) is 18.0 Å². The lowest BCUT2D eigenvalue weighted by atomic mass is 10.0. The number of carboxylic acid groups (broad SMARTS) is 1. The lowest BCUT2D eigenvalue weighted by Gasteiger charge is -2.18. The van der Waals surface area contributed by atoms with Crippen molar-refractivity contribution in [2.75, 3.05) is 12.3 Å². The molecule has 3 aromatic heterocycles. The maximum absolute atomic E-state index is 11.1. The van der Waals surface area contributed by atoms with E-state index in [0.717, 1.165) is 34.1 Å². The highest BCUT2D eigenvalue weighted by Gasteiger charge is 2.19. The van der Waals surface area contributed by atoms with Gasteiger partial charge in [-0.3, -0.25) is 9.78 Å². The lowest BCUT2D eigenvalue weighted by Crippen LogP contribution is -2.36. The molecule has 4 aromatic rings. The van der Waals surface area contributed by atoms with E-state index < -0.39 is 12.0 Å². The van der Waals surface area contributed by atoms with Crippen LogP contribution in [0.5, 0.6) is 0 Å². The van der Waals surface area contributed by atoms with Crippen molar-refractivity contribution >= 4 is 28.3 Å². The Kier molecular flexibility index (Phi) is 5.33. The largest absolute Gasteiger partial charge is 0.480 e. The molecule has 0 saturated carbocycles. The van der Waals surface area contributed by atoms with E-state index in [-0.39, 0.29) is 5.92 Å². The van der Waals surface area contributed by atoms with E-state index in [9.17, 15) is 4.79 Å². The average Bonchev–Trinajstić information content (AvgIpc) is 3.18. The molecule has 3 heterocycles. The van der Waals surface area contributed by atoms with Crippen LogP contribution in [0, 0.1) is 0 Å². The molecule has 0 aliphatic heterocycles. The predicted octanol–water partition coefficient (Wildman–Crippen LogP) is 3.08. The Labute approximate surface area is 173 Å². The Morgan fingerprint density at radius 3 is 2.87 bits per heavy atom. The van der Waals surface area contributed by atoms with Crippen molar-refractivity contribution in [3.8, 4) is 11.1 Å². The van der Waals surface area contributed by atoms with Crippen LogP contribution in [0.2, 0.25) is 0 Å². The van der Waals surface area contributed by atoms with Crippen LogP contribution in [0.4, 0.5) is 5.82 Å². The van der Waals surface area contributed by atoms with E-state index in [1.807, 2.05) is 43.3 Å². The number of rotatable bonds is 7. The highest BCUT2D eigenvalue weighted by atomic mass is 16.4. The molecule has 4 rings (SSSR count). The van der Waals surface area contributed by atoms with Gasteiger partial charge in [-0.1, -0.05) is 25.1 Å². The number of aromatic nitrogens is 4. The molecule has 0 spiro atoms. The van der Waals surface area contributed by atoms with Crippen LogP contribution in [0.15, 0.2) is 48.8 Å². The van der Waals surface area contributed by atoms with Gasteiger partial charge in [0.15, 0.2) is 5.65 Å². The van der Waals surface area contributed by atoms with Crippen LogP contribution >= 0.6 is 0 Å². The van der Waals surface area contributed by atoms with Gasteiger partial charge in [0.1, 0.15) is 11.9 Å². The molecular formula is C22H24N6O2. The minimum absolute atomic E-state index is 0.0241. The van der Waals surface area contributed by atoms with E-state index in [4.69, 9.17) is 15.8 Å². The molecule has 0 fully saturated rings. The number of carbonyl (C=O) groups is 1. The topological polar surface area (TPSA) is 118 Å². The predicted molar refractivity (Wildman–Crippen MR) is 116 cm³/mol.